The number of hydrogen-bond acceptors (Lipinski definition) is 4. The van der Waals surface area contributed by atoms with E-state index >= 15 is 0 Å². The third-order valence-corrected chi connectivity index (χ3v) is 4.02. The van der Waals surface area contributed by atoms with Gasteiger partial charge in [-0.05, 0) is 47.0 Å². The zero-order valence-electron chi connectivity index (χ0n) is 13.9. The first-order valence-electron chi connectivity index (χ1n) is 7.58. The Labute approximate surface area is 164 Å². The summed E-state index contributed by atoms with van der Waals surface area (Å²) < 4.78 is 5.18. The summed E-state index contributed by atoms with van der Waals surface area (Å²) in [5.41, 5.74) is 1.99. The zero-order chi connectivity index (χ0) is 16.5. The lowest BCUT2D eigenvalue weighted by molar-refractivity contribution is 0.180. The third kappa shape index (κ3) is 6.66. The molecule has 7 heteroatoms. The predicted molar refractivity (Wildman–Crippen MR) is 111 cm³/mol. The Hall–Kier alpha value is -1.32. The van der Waals surface area contributed by atoms with Gasteiger partial charge >= 0.3 is 0 Å². The molecule has 0 aliphatic heterocycles. The summed E-state index contributed by atoms with van der Waals surface area (Å²) in [7, 11) is 1.62. The van der Waals surface area contributed by atoms with Crippen LogP contribution in [0.5, 0.6) is 5.75 Å². The monoisotopic (exact) mass is 461 g/mol. The minimum absolute atomic E-state index is 0. The molecule has 24 heavy (non-hydrogen) atoms. The van der Waals surface area contributed by atoms with Crippen LogP contribution in [0.25, 0.3) is 0 Å². The van der Waals surface area contributed by atoms with Crippen LogP contribution in [0.3, 0.4) is 0 Å². The van der Waals surface area contributed by atoms with Crippen LogP contribution in [0.15, 0.2) is 46.1 Å². The second kappa shape index (κ2) is 11.3. The number of thiophene rings is 1. The van der Waals surface area contributed by atoms with Gasteiger partial charge in [0, 0.05) is 13.1 Å². The van der Waals surface area contributed by atoms with Gasteiger partial charge in [-0.3, -0.25) is 0 Å². The molecule has 2 aromatic rings. The lowest BCUT2D eigenvalue weighted by Gasteiger charge is -2.16. The maximum Gasteiger partial charge on any atom is 0.191 e. The molecule has 1 heterocycles. The Bertz CT molecular complexity index is 620. The lowest BCUT2D eigenvalue weighted by atomic mass is 10.1. The number of ether oxygens (including phenoxy) is 1. The molecule has 0 bridgehead atoms. The van der Waals surface area contributed by atoms with Crippen molar-refractivity contribution >= 4 is 41.3 Å². The molecule has 0 fully saturated rings. The number of guanidine groups is 1. The number of rotatable bonds is 7. The third-order valence-electron chi connectivity index (χ3n) is 3.29. The van der Waals surface area contributed by atoms with Crippen LogP contribution in [0.1, 0.15) is 24.2 Å². The van der Waals surface area contributed by atoms with Gasteiger partial charge in [-0.1, -0.05) is 12.1 Å². The van der Waals surface area contributed by atoms with Gasteiger partial charge in [0.25, 0.3) is 0 Å². The Morgan fingerprint density at radius 3 is 2.83 bits per heavy atom. The lowest BCUT2D eigenvalue weighted by Crippen LogP contribution is -2.39. The van der Waals surface area contributed by atoms with Crippen molar-refractivity contribution in [1.82, 2.24) is 10.6 Å². The fraction of sp³-hybridized carbons (Fsp3) is 0.353. The van der Waals surface area contributed by atoms with Gasteiger partial charge in [-0.2, -0.15) is 11.3 Å². The largest absolute Gasteiger partial charge is 0.497 e. The van der Waals surface area contributed by atoms with Crippen LogP contribution in [-0.2, 0) is 6.54 Å². The molecule has 132 valence electrons. The molecule has 0 aliphatic rings. The number of nitrogens with one attached hydrogen (secondary N) is 2. The number of benzene rings is 1. The molecular formula is C17H24IN3O2S. The van der Waals surface area contributed by atoms with E-state index < -0.39 is 6.10 Å². The molecule has 0 amide bonds. The number of aliphatic hydroxyl groups excluding tert-OH is 1. The summed E-state index contributed by atoms with van der Waals surface area (Å²) in [5.74, 6) is 1.43. The van der Waals surface area contributed by atoms with E-state index in [0.717, 1.165) is 17.9 Å². The maximum atomic E-state index is 10.3. The summed E-state index contributed by atoms with van der Waals surface area (Å²) in [4.78, 5) is 4.52. The van der Waals surface area contributed by atoms with Crippen LogP contribution < -0.4 is 15.4 Å². The summed E-state index contributed by atoms with van der Waals surface area (Å²) >= 11 is 1.66. The van der Waals surface area contributed by atoms with E-state index in [1.165, 1.54) is 5.56 Å². The molecule has 0 radical (unpaired) electrons. The van der Waals surface area contributed by atoms with Crippen LogP contribution in [0, 0.1) is 0 Å². The standard InChI is InChI=1S/C17H23N3O2S.HI/c1-3-18-17(19-10-13-7-8-23-12-13)20-11-16(21)14-5-4-6-15(9-14)22-2;/h4-9,12,16,21H,3,10-11H2,1-2H3,(H2,18,19,20);1H. The average molecular weight is 461 g/mol. The average Bonchev–Trinajstić information content (AvgIpc) is 3.10. The molecule has 1 aromatic carbocycles. The highest BCUT2D eigenvalue weighted by Gasteiger charge is 2.09. The number of nitrogens with zero attached hydrogens (tertiary/aromatic N) is 1. The second-order valence-electron chi connectivity index (χ2n) is 5.00. The van der Waals surface area contributed by atoms with Gasteiger partial charge < -0.3 is 20.5 Å². The van der Waals surface area contributed by atoms with E-state index in [1.54, 1.807) is 18.4 Å². The van der Waals surface area contributed by atoms with Gasteiger partial charge in [0.05, 0.1) is 19.8 Å². The number of hydrogen-bond donors (Lipinski definition) is 3. The first-order chi connectivity index (χ1) is 11.2. The van der Waals surface area contributed by atoms with Gasteiger partial charge in [0.15, 0.2) is 5.96 Å². The highest BCUT2D eigenvalue weighted by atomic mass is 127. The molecular weight excluding hydrogens is 437 g/mol. The number of methoxy groups -OCH3 is 1. The van der Waals surface area contributed by atoms with E-state index in [0.29, 0.717) is 19.0 Å². The van der Waals surface area contributed by atoms with Crippen molar-refractivity contribution in [2.24, 2.45) is 4.99 Å². The molecule has 2 rings (SSSR count). The van der Waals surface area contributed by atoms with Crippen molar-refractivity contribution in [2.75, 3.05) is 20.2 Å². The van der Waals surface area contributed by atoms with Crippen molar-refractivity contribution in [1.29, 1.82) is 0 Å². The molecule has 0 saturated heterocycles. The Balaban J connectivity index is 0.00000288. The minimum Gasteiger partial charge on any atom is -0.497 e. The van der Waals surface area contributed by atoms with Crippen LogP contribution in [0.2, 0.25) is 0 Å². The molecule has 0 saturated carbocycles. The fourth-order valence-corrected chi connectivity index (χ4v) is 2.71. The van der Waals surface area contributed by atoms with Crippen molar-refractivity contribution in [2.45, 2.75) is 19.6 Å². The summed E-state index contributed by atoms with van der Waals surface area (Å²) in [6.45, 7) is 3.78. The van der Waals surface area contributed by atoms with Crippen molar-refractivity contribution in [3.63, 3.8) is 0 Å². The Morgan fingerprint density at radius 1 is 1.33 bits per heavy atom. The van der Waals surface area contributed by atoms with Crippen molar-refractivity contribution in [3.8, 4) is 5.75 Å². The highest BCUT2D eigenvalue weighted by molar-refractivity contribution is 14.0. The first kappa shape index (κ1) is 20.7. The smallest absolute Gasteiger partial charge is 0.191 e. The molecule has 1 unspecified atom stereocenters. The fourth-order valence-electron chi connectivity index (χ4n) is 2.05. The van der Waals surface area contributed by atoms with E-state index in [4.69, 9.17) is 4.74 Å². The van der Waals surface area contributed by atoms with Crippen LogP contribution in [-0.4, -0.2) is 31.3 Å². The van der Waals surface area contributed by atoms with Crippen molar-refractivity contribution < 1.29 is 9.84 Å². The predicted octanol–water partition coefficient (Wildman–Crippen LogP) is 3.16. The van der Waals surface area contributed by atoms with Gasteiger partial charge in [-0.25, -0.2) is 4.99 Å². The van der Waals surface area contributed by atoms with E-state index in [1.807, 2.05) is 36.6 Å². The van der Waals surface area contributed by atoms with E-state index in [9.17, 15) is 5.11 Å². The zero-order valence-corrected chi connectivity index (χ0v) is 17.0. The quantitative estimate of drug-likeness (QED) is 0.337. The number of halogens is 1. The number of aliphatic hydroxyl groups is 1. The summed E-state index contributed by atoms with van der Waals surface area (Å²) in [6.07, 6.45) is -0.630. The topological polar surface area (TPSA) is 65.9 Å². The molecule has 0 aliphatic carbocycles. The van der Waals surface area contributed by atoms with Gasteiger partial charge in [0.2, 0.25) is 0 Å². The minimum atomic E-state index is -0.630. The van der Waals surface area contributed by atoms with Crippen molar-refractivity contribution in [3.05, 3.63) is 52.2 Å². The Kier molecular flexibility index (Phi) is 9.73. The normalized spacial score (nSPS) is 12.2. The molecule has 0 spiro atoms. The summed E-state index contributed by atoms with van der Waals surface area (Å²) in [6, 6.07) is 9.50. The maximum absolute atomic E-state index is 10.3. The van der Waals surface area contributed by atoms with Gasteiger partial charge in [-0.15, -0.1) is 24.0 Å². The van der Waals surface area contributed by atoms with Gasteiger partial charge in [0.1, 0.15) is 5.75 Å². The summed E-state index contributed by atoms with van der Waals surface area (Å²) in [5, 5.41) is 20.8. The molecule has 3 N–H and O–H groups in total. The second-order valence-corrected chi connectivity index (χ2v) is 5.78. The molecule has 5 nitrogen and oxygen atoms in total. The molecule has 1 aromatic heterocycles. The molecule has 1 atom stereocenters. The Morgan fingerprint density at radius 2 is 2.17 bits per heavy atom. The first-order valence-corrected chi connectivity index (χ1v) is 8.52. The van der Waals surface area contributed by atoms with E-state index in [2.05, 4.69) is 27.1 Å². The van der Waals surface area contributed by atoms with Crippen LogP contribution in [0.4, 0.5) is 0 Å². The van der Waals surface area contributed by atoms with Crippen LogP contribution >= 0.6 is 35.3 Å². The highest BCUT2D eigenvalue weighted by Crippen LogP contribution is 2.18. The number of aliphatic imine (C=N–C) groups is 1. The SMILES string of the molecule is CCNC(=NCc1ccsc1)NCC(O)c1cccc(OC)c1.I. The van der Waals surface area contributed by atoms with E-state index in [-0.39, 0.29) is 24.0 Å².